The quantitative estimate of drug-likeness (QED) is 0.878. The van der Waals surface area contributed by atoms with Crippen molar-refractivity contribution in [3.05, 3.63) is 41.6 Å². The minimum absolute atomic E-state index is 0.129. The smallest absolute Gasteiger partial charge is 0.331 e. The van der Waals surface area contributed by atoms with Crippen molar-refractivity contribution < 1.29 is 19.4 Å². The number of carbonyl (C=O) groups excluding carboxylic acids is 1. The standard InChI is InChI=1S/C16H18N2O4/c1-10-8-12(11-6-4-5-7-13(11)17-10)14(19)18-16(2,9-22-3)15(20)21/h4-8H,9H2,1-3H3,(H,18,19)(H,20,21). The zero-order chi connectivity index (χ0) is 16.3. The van der Waals surface area contributed by atoms with Gasteiger partial charge in [-0.1, -0.05) is 18.2 Å². The summed E-state index contributed by atoms with van der Waals surface area (Å²) in [6.07, 6.45) is 0. The third-order valence-electron chi connectivity index (χ3n) is 3.38. The fourth-order valence-electron chi connectivity index (χ4n) is 2.25. The molecule has 0 aliphatic carbocycles. The van der Waals surface area contributed by atoms with Crippen molar-refractivity contribution in [3.8, 4) is 0 Å². The van der Waals surface area contributed by atoms with E-state index in [0.717, 1.165) is 0 Å². The third-order valence-corrected chi connectivity index (χ3v) is 3.38. The number of rotatable bonds is 5. The van der Waals surface area contributed by atoms with Crippen LogP contribution in [0.15, 0.2) is 30.3 Å². The van der Waals surface area contributed by atoms with Crippen LogP contribution in [0.25, 0.3) is 10.9 Å². The van der Waals surface area contributed by atoms with Gasteiger partial charge in [0.25, 0.3) is 5.91 Å². The highest BCUT2D eigenvalue weighted by Gasteiger charge is 2.35. The fraction of sp³-hybridized carbons (Fsp3) is 0.312. The molecule has 0 fully saturated rings. The van der Waals surface area contributed by atoms with E-state index in [4.69, 9.17) is 4.74 Å². The average molecular weight is 302 g/mol. The third kappa shape index (κ3) is 3.07. The Hall–Kier alpha value is -2.47. The van der Waals surface area contributed by atoms with Gasteiger partial charge in [-0.15, -0.1) is 0 Å². The fourth-order valence-corrected chi connectivity index (χ4v) is 2.25. The monoisotopic (exact) mass is 302 g/mol. The summed E-state index contributed by atoms with van der Waals surface area (Å²) in [6, 6.07) is 8.88. The van der Waals surface area contributed by atoms with Crippen LogP contribution >= 0.6 is 0 Å². The first-order chi connectivity index (χ1) is 10.4. The number of amides is 1. The van der Waals surface area contributed by atoms with Crippen molar-refractivity contribution in [1.82, 2.24) is 10.3 Å². The number of aliphatic carboxylic acids is 1. The Kier molecular flexibility index (Phi) is 4.42. The number of aromatic nitrogens is 1. The number of methoxy groups -OCH3 is 1. The minimum Gasteiger partial charge on any atom is -0.479 e. The lowest BCUT2D eigenvalue weighted by atomic mass is 10.0. The molecule has 1 unspecified atom stereocenters. The molecule has 0 aliphatic rings. The molecule has 6 nitrogen and oxygen atoms in total. The lowest BCUT2D eigenvalue weighted by Crippen LogP contribution is -2.55. The van der Waals surface area contributed by atoms with Crippen LogP contribution in [0, 0.1) is 6.92 Å². The topological polar surface area (TPSA) is 88.5 Å². The Balaban J connectivity index is 2.43. The summed E-state index contributed by atoms with van der Waals surface area (Å²) in [5.41, 5.74) is 0.278. The molecule has 22 heavy (non-hydrogen) atoms. The number of ether oxygens (including phenoxy) is 1. The number of para-hydroxylation sites is 1. The van der Waals surface area contributed by atoms with Crippen molar-refractivity contribution in [2.24, 2.45) is 0 Å². The Morgan fingerprint density at radius 1 is 1.36 bits per heavy atom. The van der Waals surface area contributed by atoms with Crippen LogP contribution in [-0.2, 0) is 9.53 Å². The normalized spacial score (nSPS) is 13.6. The van der Waals surface area contributed by atoms with Gasteiger partial charge in [-0.05, 0) is 26.0 Å². The van der Waals surface area contributed by atoms with E-state index in [-0.39, 0.29) is 6.61 Å². The van der Waals surface area contributed by atoms with E-state index in [9.17, 15) is 14.7 Å². The minimum atomic E-state index is -1.50. The molecule has 6 heteroatoms. The average Bonchev–Trinajstić information content (AvgIpc) is 2.46. The van der Waals surface area contributed by atoms with Crippen LogP contribution in [0.5, 0.6) is 0 Å². The van der Waals surface area contributed by atoms with Crippen LogP contribution in [0.4, 0.5) is 0 Å². The van der Waals surface area contributed by atoms with Gasteiger partial charge in [0, 0.05) is 18.2 Å². The van der Waals surface area contributed by atoms with E-state index in [0.29, 0.717) is 22.2 Å². The molecule has 0 saturated carbocycles. The molecule has 1 heterocycles. The van der Waals surface area contributed by atoms with Crippen molar-refractivity contribution in [1.29, 1.82) is 0 Å². The maximum atomic E-state index is 12.5. The molecule has 1 aromatic carbocycles. The van der Waals surface area contributed by atoms with Crippen LogP contribution in [-0.4, -0.2) is 41.2 Å². The zero-order valence-electron chi connectivity index (χ0n) is 12.7. The first-order valence-electron chi connectivity index (χ1n) is 6.78. The molecule has 0 aliphatic heterocycles. The van der Waals surface area contributed by atoms with E-state index >= 15 is 0 Å². The molecule has 116 valence electrons. The van der Waals surface area contributed by atoms with E-state index in [1.54, 1.807) is 19.1 Å². The predicted molar refractivity (Wildman–Crippen MR) is 81.9 cm³/mol. The van der Waals surface area contributed by atoms with Crippen LogP contribution in [0.1, 0.15) is 23.0 Å². The lowest BCUT2D eigenvalue weighted by Gasteiger charge is -2.25. The number of pyridine rings is 1. The van der Waals surface area contributed by atoms with Gasteiger partial charge in [0.15, 0.2) is 5.54 Å². The highest BCUT2D eigenvalue weighted by Crippen LogP contribution is 2.19. The number of fused-ring (bicyclic) bond motifs is 1. The van der Waals surface area contributed by atoms with Gasteiger partial charge in [-0.3, -0.25) is 9.78 Å². The molecule has 0 radical (unpaired) electrons. The first kappa shape index (κ1) is 15.9. The number of nitrogens with one attached hydrogen (secondary N) is 1. The first-order valence-corrected chi connectivity index (χ1v) is 6.78. The second-order valence-electron chi connectivity index (χ2n) is 5.35. The summed E-state index contributed by atoms with van der Waals surface area (Å²) >= 11 is 0. The second-order valence-corrected chi connectivity index (χ2v) is 5.35. The van der Waals surface area contributed by atoms with Gasteiger partial charge in [0.05, 0.1) is 17.7 Å². The van der Waals surface area contributed by atoms with E-state index in [1.807, 2.05) is 18.2 Å². The van der Waals surface area contributed by atoms with Gasteiger partial charge in [0.1, 0.15) is 0 Å². The van der Waals surface area contributed by atoms with Crippen molar-refractivity contribution >= 4 is 22.8 Å². The number of hydrogen-bond acceptors (Lipinski definition) is 4. The van der Waals surface area contributed by atoms with Crippen LogP contribution in [0.3, 0.4) is 0 Å². The number of carbonyl (C=O) groups is 2. The van der Waals surface area contributed by atoms with E-state index in [1.165, 1.54) is 14.0 Å². The highest BCUT2D eigenvalue weighted by molar-refractivity contribution is 6.07. The number of nitrogens with zero attached hydrogens (tertiary/aromatic N) is 1. The van der Waals surface area contributed by atoms with Crippen molar-refractivity contribution in [2.45, 2.75) is 19.4 Å². The number of carboxylic acids is 1. The molecule has 1 atom stereocenters. The molecular weight excluding hydrogens is 284 g/mol. The summed E-state index contributed by atoms with van der Waals surface area (Å²) in [6.45, 7) is 3.07. The maximum absolute atomic E-state index is 12.5. The van der Waals surface area contributed by atoms with Gasteiger partial charge < -0.3 is 15.2 Å². The Morgan fingerprint density at radius 2 is 2.05 bits per heavy atom. The maximum Gasteiger partial charge on any atom is 0.331 e. The zero-order valence-corrected chi connectivity index (χ0v) is 12.7. The molecule has 2 rings (SSSR count). The number of carboxylic acid groups (broad SMARTS) is 1. The van der Waals surface area contributed by atoms with E-state index < -0.39 is 17.4 Å². The van der Waals surface area contributed by atoms with Gasteiger partial charge in [-0.25, -0.2) is 4.79 Å². The number of aryl methyl sites for hydroxylation is 1. The second kappa shape index (κ2) is 6.11. The summed E-state index contributed by atoms with van der Waals surface area (Å²) in [4.78, 5) is 28.3. The number of hydrogen-bond donors (Lipinski definition) is 2. The molecule has 0 bridgehead atoms. The van der Waals surface area contributed by atoms with Crippen LogP contribution in [0.2, 0.25) is 0 Å². The summed E-state index contributed by atoms with van der Waals surface area (Å²) < 4.78 is 4.91. The van der Waals surface area contributed by atoms with Gasteiger partial charge in [-0.2, -0.15) is 0 Å². The Bertz CT molecular complexity index is 729. The SMILES string of the molecule is COCC(C)(NC(=O)c1cc(C)nc2ccccc12)C(=O)O. The number of benzene rings is 1. The molecule has 0 saturated heterocycles. The Morgan fingerprint density at radius 3 is 2.68 bits per heavy atom. The summed E-state index contributed by atoms with van der Waals surface area (Å²) in [5, 5.41) is 12.5. The molecule has 2 N–H and O–H groups in total. The van der Waals surface area contributed by atoms with E-state index in [2.05, 4.69) is 10.3 Å². The lowest BCUT2D eigenvalue weighted by molar-refractivity contribution is -0.145. The van der Waals surface area contributed by atoms with Crippen molar-refractivity contribution in [3.63, 3.8) is 0 Å². The molecule has 1 aromatic heterocycles. The van der Waals surface area contributed by atoms with Crippen molar-refractivity contribution in [2.75, 3.05) is 13.7 Å². The van der Waals surface area contributed by atoms with Gasteiger partial charge in [0.2, 0.25) is 0 Å². The highest BCUT2D eigenvalue weighted by atomic mass is 16.5. The summed E-state index contributed by atoms with van der Waals surface area (Å²) in [5.74, 6) is -1.62. The molecule has 2 aromatic rings. The molecule has 0 spiro atoms. The molecular formula is C16H18N2O4. The van der Waals surface area contributed by atoms with Crippen LogP contribution < -0.4 is 5.32 Å². The summed E-state index contributed by atoms with van der Waals surface area (Å²) in [7, 11) is 1.39. The molecule has 1 amide bonds. The Labute approximate surface area is 128 Å². The largest absolute Gasteiger partial charge is 0.479 e. The predicted octanol–water partition coefficient (Wildman–Crippen LogP) is 1.76. The van der Waals surface area contributed by atoms with Gasteiger partial charge >= 0.3 is 5.97 Å².